The van der Waals surface area contributed by atoms with Crippen LogP contribution in [-0.4, -0.2) is 50.7 Å². The Morgan fingerprint density at radius 2 is 2.09 bits per heavy atom. The Morgan fingerprint density at radius 3 is 2.78 bits per heavy atom. The summed E-state index contributed by atoms with van der Waals surface area (Å²) >= 11 is 0. The number of ether oxygens (including phenoxy) is 1. The number of hydrogen-bond acceptors (Lipinski definition) is 5. The maximum Gasteiger partial charge on any atom is 0.410 e. The quantitative estimate of drug-likeness (QED) is 0.890. The lowest BCUT2D eigenvalue weighted by molar-refractivity contribution is 0.0210. The Balaban J connectivity index is 1.57. The molecule has 2 N–H and O–H groups in total. The fourth-order valence-corrected chi connectivity index (χ4v) is 2.71. The van der Waals surface area contributed by atoms with Crippen LogP contribution in [0.15, 0.2) is 18.6 Å². The number of fused-ring (bicyclic) bond motifs is 1. The zero-order valence-corrected chi connectivity index (χ0v) is 13.8. The summed E-state index contributed by atoms with van der Waals surface area (Å²) in [5.41, 5.74) is 0.376. The lowest BCUT2D eigenvalue weighted by Crippen LogP contribution is -2.44. The first kappa shape index (κ1) is 15.6. The molecule has 23 heavy (non-hydrogen) atoms. The molecule has 2 aromatic rings. The van der Waals surface area contributed by atoms with E-state index >= 15 is 0 Å². The van der Waals surface area contributed by atoms with Gasteiger partial charge in [-0.2, -0.15) is 0 Å². The summed E-state index contributed by atoms with van der Waals surface area (Å²) < 4.78 is 5.42. The number of hydrogen-bond donors (Lipinski definition) is 2. The minimum Gasteiger partial charge on any atom is -0.444 e. The van der Waals surface area contributed by atoms with Crippen molar-refractivity contribution >= 4 is 22.9 Å². The third-order valence-corrected chi connectivity index (χ3v) is 3.84. The fraction of sp³-hybridized carbons (Fsp3) is 0.562. The smallest absolute Gasteiger partial charge is 0.410 e. The molecule has 0 saturated carbocycles. The van der Waals surface area contributed by atoms with Crippen LogP contribution in [0.4, 0.5) is 10.6 Å². The molecule has 0 aromatic carbocycles. The number of nitrogens with zero attached hydrogens (tertiary/aromatic N) is 3. The van der Waals surface area contributed by atoms with E-state index in [1.807, 2.05) is 33.0 Å². The highest BCUT2D eigenvalue weighted by Gasteiger charge is 2.27. The number of carbonyl (C=O) groups excluding carboxylic acids is 1. The van der Waals surface area contributed by atoms with Crippen molar-refractivity contribution in [1.29, 1.82) is 0 Å². The summed E-state index contributed by atoms with van der Waals surface area (Å²) in [7, 11) is 0. The third-order valence-electron chi connectivity index (χ3n) is 3.84. The molecule has 7 heteroatoms. The van der Waals surface area contributed by atoms with Crippen molar-refractivity contribution in [3.8, 4) is 0 Å². The average Bonchev–Trinajstić information content (AvgIpc) is 2.96. The summed E-state index contributed by atoms with van der Waals surface area (Å²) in [6, 6.07) is 2.26. The standard InChI is InChI=1S/C16H23N5O2/c1-16(2,3)23-15(22)21-8-5-11(6-9-21)20-14-12-4-7-17-13(12)18-10-19-14/h4,7,10-11H,5-6,8-9H2,1-3H3,(H2,17,18,19,20). The highest BCUT2D eigenvalue weighted by molar-refractivity contribution is 5.86. The number of nitrogens with one attached hydrogen (secondary N) is 2. The van der Waals surface area contributed by atoms with Gasteiger partial charge in [0.1, 0.15) is 23.4 Å². The number of amides is 1. The molecule has 1 aliphatic rings. The van der Waals surface area contributed by atoms with E-state index in [1.165, 1.54) is 0 Å². The Hall–Kier alpha value is -2.31. The Morgan fingerprint density at radius 1 is 1.35 bits per heavy atom. The van der Waals surface area contributed by atoms with Crippen molar-refractivity contribution in [2.45, 2.75) is 45.3 Å². The molecule has 0 unspecified atom stereocenters. The molecule has 1 fully saturated rings. The van der Waals surface area contributed by atoms with E-state index in [1.54, 1.807) is 11.2 Å². The molecular formula is C16H23N5O2. The van der Waals surface area contributed by atoms with Gasteiger partial charge in [0, 0.05) is 25.3 Å². The molecular weight excluding hydrogens is 294 g/mol. The van der Waals surface area contributed by atoms with Crippen molar-refractivity contribution in [2.24, 2.45) is 0 Å². The van der Waals surface area contributed by atoms with Gasteiger partial charge in [-0.3, -0.25) is 0 Å². The minimum absolute atomic E-state index is 0.231. The Labute approximate surface area is 135 Å². The van der Waals surface area contributed by atoms with E-state index in [0.717, 1.165) is 29.7 Å². The van der Waals surface area contributed by atoms with Crippen LogP contribution in [0.2, 0.25) is 0 Å². The molecule has 1 amide bonds. The molecule has 0 radical (unpaired) electrons. The number of aromatic amines is 1. The van der Waals surface area contributed by atoms with Gasteiger partial charge in [0.25, 0.3) is 0 Å². The van der Waals surface area contributed by atoms with Crippen molar-refractivity contribution in [3.63, 3.8) is 0 Å². The normalized spacial score (nSPS) is 16.6. The second-order valence-corrected chi connectivity index (χ2v) is 6.85. The second kappa shape index (κ2) is 6.06. The first-order valence-electron chi connectivity index (χ1n) is 7.95. The summed E-state index contributed by atoms with van der Waals surface area (Å²) in [4.78, 5) is 25.4. The van der Waals surface area contributed by atoms with Gasteiger partial charge < -0.3 is 19.9 Å². The first-order valence-corrected chi connectivity index (χ1v) is 7.95. The van der Waals surface area contributed by atoms with E-state index in [-0.39, 0.29) is 6.09 Å². The van der Waals surface area contributed by atoms with Gasteiger partial charge in [0.15, 0.2) is 0 Å². The summed E-state index contributed by atoms with van der Waals surface area (Å²) in [5, 5.41) is 4.46. The maximum atomic E-state index is 12.1. The van der Waals surface area contributed by atoms with Gasteiger partial charge in [0.2, 0.25) is 0 Å². The van der Waals surface area contributed by atoms with Crippen molar-refractivity contribution in [2.75, 3.05) is 18.4 Å². The minimum atomic E-state index is -0.451. The molecule has 0 bridgehead atoms. The van der Waals surface area contributed by atoms with Crippen LogP contribution >= 0.6 is 0 Å². The van der Waals surface area contributed by atoms with E-state index < -0.39 is 5.60 Å². The molecule has 124 valence electrons. The van der Waals surface area contributed by atoms with Crippen molar-refractivity contribution in [3.05, 3.63) is 18.6 Å². The SMILES string of the molecule is CC(C)(C)OC(=O)N1CCC(Nc2ncnc3[nH]ccc23)CC1. The zero-order valence-electron chi connectivity index (χ0n) is 13.8. The molecule has 0 spiro atoms. The predicted octanol–water partition coefficient (Wildman–Crippen LogP) is 2.77. The number of carbonyl (C=O) groups is 1. The largest absolute Gasteiger partial charge is 0.444 e. The highest BCUT2D eigenvalue weighted by atomic mass is 16.6. The number of likely N-dealkylation sites (tertiary alicyclic amines) is 1. The molecule has 2 aromatic heterocycles. The second-order valence-electron chi connectivity index (χ2n) is 6.85. The number of piperidine rings is 1. The van der Waals surface area contributed by atoms with Gasteiger partial charge in [-0.15, -0.1) is 0 Å². The lowest BCUT2D eigenvalue weighted by atomic mass is 10.1. The van der Waals surface area contributed by atoms with Gasteiger partial charge in [0.05, 0.1) is 5.39 Å². The van der Waals surface area contributed by atoms with E-state index in [4.69, 9.17) is 4.74 Å². The van der Waals surface area contributed by atoms with Crippen LogP contribution in [-0.2, 0) is 4.74 Å². The Bertz CT molecular complexity index is 683. The van der Waals surface area contributed by atoms with Crippen LogP contribution in [0, 0.1) is 0 Å². The summed E-state index contributed by atoms with van der Waals surface area (Å²) in [5.74, 6) is 0.840. The van der Waals surface area contributed by atoms with Gasteiger partial charge >= 0.3 is 6.09 Å². The number of rotatable bonds is 2. The van der Waals surface area contributed by atoms with Gasteiger partial charge in [-0.05, 0) is 39.7 Å². The predicted molar refractivity (Wildman–Crippen MR) is 88.3 cm³/mol. The van der Waals surface area contributed by atoms with Crippen LogP contribution in [0.1, 0.15) is 33.6 Å². The molecule has 3 rings (SSSR count). The van der Waals surface area contributed by atoms with Gasteiger partial charge in [-0.25, -0.2) is 14.8 Å². The van der Waals surface area contributed by atoms with E-state index in [9.17, 15) is 4.79 Å². The summed E-state index contributed by atoms with van der Waals surface area (Å²) in [6.07, 6.45) is 4.92. The number of H-pyrrole nitrogens is 1. The zero-order chi connectivity index (χ0) is 16.4. The molecule has 1 saturated heterocycles. The average molecular weight is 317 g/mol. The highest BCUT2D eigenvalue weighted by Crippen LogP contribution is 2.22. The van der Waals surface area contributed by atoms with Crippen LogP contribution in [0.25, 0.3) is 11.0 Å². The van der Waals surface area contributed by atoms with E-state index in [0.29, 0.717) is 19.1 Å². The van der Waals surface area contributed by atoms with Crippen LogP contribution in [0.3, 0.4) is 0 Å². The Kier molecular flexibility index (Phi) is 4.11. The fourth-order valence-electron chi connectivity index (χ4n) is 2.71. The monoisotopic (exact) mass is 317 g/mol. The molecule has 1 aliphatic heterocycles. The number of anilines is 1. The number of aromatic nitrogens is 3. The molecule has 7 nitrogen and oxygen atoms in total. The van der Waals surface area contributed by atoms with Crippen LogP contribution < -0.4 is 5.32 Å². The van der Waals surface area contributed by atoms with Crippen molar-refractivity contribution < 1.29 is 9.53 Å². The van der Waals surface area contributed by atoms with E-state index in [2.05, 4.69) is 20.3 Å². The van der Waals surface area contributed by atoms with Crippen molar-refractivity contribution in [1.82, 2.24) is 19.9 Å². The molecule has 0 aliphatic carbocycles. The van der Waals surface area contributed by atoms with Gasteiger partial charge in [-0.1, -0.05) is 0 Å². The van der Waals surface area contributed by atoms with Crippen LogP contribution in [0.5, 0.6) is 0 Å². The molecule has 3 heterocycles. The molecule has 0 atom stereocenters. The first-order chi connectivity index (χ1) is 10.9. The topological polar surface area (TPSA) is 83.1 Å². The maximum absolute atomic E-state index is 12.1. The third kappa shape index (κ3) is 3.72. The summed E-state index contributed by atoms with van der Waals surface area (Å²) in [6.45, 7) is 7.03. The lowest BCUT2D eigenvalue weighted by Gasteiger charge is -2.33.